The zero-order valence-corrected chi connectivity index (χ0v) is 21.4. The van der Waals surface area contributed by atoms with E-state index >= 15 is 0 Å². The fourth-order valence-corrected chi connectivity index (χ4v) is 4.35. The van der Waals surface area contributed by atoms with Crippen LogP contribution >= 0.6 is 15.9 Å². The van der Waals surface area contributed by atoms with E-state index in [-0.39, 0.29) is 0 Å². The highest BCUT2D eigenvalue weighted by Crippen LogP contribution is 2.30. The molecule has 1 N–H and O–H groups in total. The Bertz CT molecular complexity index is 713. The Labute approximate surface area is 194 Å². The van der Waals surface area contributed by atoms with Gasteiger partial charge in [0.1, 0.15) is 0 Å². The molecule has 0 spiro atoms. The summed E-state index contributed by atoms with van der Waals surface area (Å²) in [5.41, 5.74) is 3.47. The van der Waals surface area contributed by atoms with Crippen molar-refractivity contribution in [1.82, 2.24) is 0 Å². The van der Waals surface area contributed by atoms with Crippen LogP contribution < -0.4 is 5.32 Å². The van der Waals surface area contributed by atoms with Gasteiger partial charge in [-0.25, -0.2) is 0 Å². The predicted octanol–water partition coefficient (Wildman–Crippen LogP) is 9.13. The second-order valence-electron chi connectivity index (χ2n) is 10.9. The maximum Gasteiger partial charge on any atom is 0.0341 e. The SMILES string of the molecule is CC(C)(C)CCC(CCCCC(C)(C)Cc1ccccc1)CNc1ccc(Br)cc1. The van der Waals surface area contributed by atoms with Crippen molar-refractivity contribution in [2.75, 3.05) is 11.9 Å². The normalized spacial score (nSPS) is 13.3. The van der Waals surface area contributed by atoms with Gasteiger partial charge in [-0.2, -0.15) is 0 Å². The minimum atomic E-state index is 0.373. The lowest BCUT2D eigenvalue weighted by Crippen LogP contribution is -2.18. The predicted molar refractivity (Wildman–Crippen MR) is 137 cm³/mol. The summed E-state index contributed by atoms with van der Waals surface area (Å²) in [6.45, 7) is 13.0. The molecule has 0 aliphatic rings. The number of rotatable bonds is 12. The lowest BCUT2D eigenvalue weighted by molar-refractivity contribution is 0.294. The molecular weight excluding hydrogens is 430 g/mol. The van der Waals surface area contributed by atoms with Crippen molar-refractivity contribution in [2.24, 2.45) is 16.7 Å². The van der Waals surface area contributed by atoms with Crippen molar-refractivity contribution in [3.8, 4) is 0 Å². The van der Waals surface area contributed by atoms with Gasteiger partial charge in [-0.15, -0.1) is 0 Å². The minimum Gasteiger partial charge on any atom is -0.385 e. The third-order valence-corrected chi connectivity index (χ3v) is 6.51. The van der Waals surface area contributed by atoms with Crippen LogP contribution in [-0.2, 0) is 6.42 Å². The lowest BCUT2D eigenvalue weighted by Gasteiger charge is -2.26. The molecule has 0 fully saturated rings. The van der Waals surface area contributed by atoms with Crippen LogP contribution in [-0.4, -0.2) is 6.54 Å². The van der Waals surface area contributed by atoms with Gasteiger partial charge in [0.25, 0.3) is 0 Å². The van der Waals surface area contributed by atoms with Gasteiger partial charge < -0.3 is 5.32 Å². The molecule has 2 rings (SSSR count). The molecule has 0 aromatic heterocycles. The molecule has 2 aromatic carbocycles. The van der Waals surface area contributed by atoms with Crippen LogP contribution in [0.5, 0.6) is 0 Å². The van der Waals surface area contributed by atoms with Crippen LogP contribution in [0.25, 0.3) is 0 Å². The van der Waals surface area contributed by atoms with E-state index in [2.05, 4.69) is 110 Å². The highest BCUT2D eigenvalue weighted by Gasteiger charge is 2.19. The number of halogens is 1. The van der Waals surface area contributed by atoms with Gasteiger partial charge in [0.05, 0.1) is 0 Å². The molecular formula is C28H42BrN. The topological polar surface area (TPSA) is 12.0 Å². The van der Waals surface area contributed by atoms with Gasteiger partial charge in [-0.1, -0.05) is 93.7 Å². The first-order valence-corrected chi connectivity index (χ1v) is 12.5. The summed E-state index contributed by atoms with van der Waals surface area (Å²) >= 11 is 3.52. The molecule has 1 nitrogen and oxygen atoms in total. The number of unbranched alkanes of at least 4 members (excludes halogenated alkanes) is 1. The third kappa shape index (κ3) is 10.7. The van der Waals surface area contributed by atoms with Gasteiger partial charge in [-0.05, 0) is 78.7 Å². The molecule has 2 aromatic rings. The maximum absolute atomic E-state index is 3.68. The molecule has 0 aliphatic heterocycles. The number of benzene rings is 2. The number of hydrogen-bond acceptors (Lipinski definition) is 1. The average Bonchev–Trinajstić information content (AvgIpc) is 2.67. The van der Waals surface area contributed by atoms with Gasteiger partial charge in [-0.3, -0.25) is 0 Å². The van der Waals surface area contributed by atoms with Crippen molar-refractivity contribution in [1.29, 1.82) is 0 Å². The van der Waals surface area contributed by atoms with E-state index in [0.717, 1.165) is 16.9 Å². The smallest absolute Gasteiger partial charge is 0.0341 e. The Morgan fingerprint density at radius 2 is 1.47 bits per heavy atom. The molecule has 0 amide bonds. The van der Waals surface area contributed by atoms with Crippen molar-refractivity contribution in [2.45, 2.75) is 79.6 Å². The molecule has 0 saturated heterocycles. The summed E-state index contributed by atoms with van der Waals surface area (Å²) < 4.78 is 1.13. The van der Waals surface area contributed by atoms with Crippen molar-refractivity contribution >= 4 is 21.6 Å². The van der Waals surface area contributed by atoms with Crippen molar-refractivity contribution in [3.05, 3.63) is 64.6 Å². The summed E-state index contributed by atoms with van der Waals surface area (Å²) in [7, 11) is 0. The largest absolute Gasteiger partial charge is 0.385 e. The standard InChI is InChI=1S/C28H42BrN/c1-27(2,3)20-18-24(22-30-26-16-14-25(29)15-17-26)13-9-10-19-28(4,5)21-23-11-7-6-8-12-23/h6-8,11-12,14-17,24,30H,9-10,13,18-22H2,1-5H3. The first-order chi connectivity index (χ1) is 14.1. The van der Waals surface area contributed by atoms with Crippen LogP contribution in [0.3, 0.4) is 0 Å². The van der Waals surface area contributed by atoms with Gasteiger partial charge in [0.2, 0.25) is 0 Å². The van der Waals surface area contributed by atoms with Crippen LogP contribution in [0.1, 0.15) is 78.7 Å². The Hall–Kier alpha value is -1.28. The van der Waals surface area contributed by atoms with E-state index in [0.29, 0.717) is 10.8 Å². The molecule has 1 unspecified atom stereocenters. The molecule has 0 heterocycles. The summed E-state index contributed by atoms with van der Waals surface area (Å²) in [5, 5.41) is 3.68. The van der Waals surface area contributed by atoms with Gasteiger partial charge in [0, 0.05) is 16.7 Å². The minimum absolute atomic E-state index is 0.373. The lowest BCUT2D eigenvalue weighted by atomic mass is 9.80. The summed E-state index contributed by atoms with van der Waals surface area (Å²) in [5.74, 6) is 0.741. The summed E-state index contributed by atoms with van der Waals surface area (Å²) in [4.78, 5) is 0. The van der Waals surface area contributed by atoms with E-state index in [1.54, 1.807) is 0 Å². The van der Waals surface area contributed by atoms with Gasteiger partial charge >= 0.3 is 0 Å². The van der Waals surface area contributed by atoms with E-state index in [1.165, 1.54) is 56.2 Å². The number of anilines is 1. The fraction of sp³-hybridized carbons (Fsp3) is 0.571. The maximum atomic E-state index is 3.68. The number of hydrogen-bond donors (Lipinski definition) is 1. The Kier molecular flexibility index (Phi) is 9.94. The molecule has 0 saturated carbocycles. The zero-order chi connectivity index (χ0) is 22.0. The van der Waals surface area contributed by atoms with E-state index < -0.39 is 0 Å². The first kappa shape index (κ1) is 25.0. The van der Waals surface area contributed by atoms with E-state index in [1.807, 2.05) is 0 Å². The highest BCUT2D eigenvalue weighted by atomic mass is 79.9. The highest BCUT2D eigenvalue weighted by molar-refractivity contribution is 9.10. The second kappa shape index (κ2) is 11.9. The van der Waals surface area contributed by atoms with Crippen LogP contribution in [0.15, 0.2) is 59.1 Å². The van der Waals surface area contributed by atoms with Crippen LogP contribution in [0, 0.1) is 16.7 Å². The third-order valence-electron chi connectivity index (χ3n) is 5.98. The molecule has 1 atom stereocenters. The molecule has 0 radical (unpaired) electrons. The molecule has 166 valence electrons. The zero-order valence-electron chi connectivity index (χ0n) is 19.8. The van der Waals surface area contributed by atoms with Crippen LogP contribution in [0.4, 0.5) is 5.69 Å². The van der Waals surface area contributed by atoms with E-state index in [4.69, 9.17) is 0 Å². The number of nitrogens with one attached hydrogen (secondary N) is 1. The van der Waals surface area contributed by atoms with Gasteiger partial charge in [0.15, 0.2) is 0 Å². The van der Waals surface area contributed by atoms with Crippen molar-refractivity contribution in [3.63, 3.8) is 0 Å². The average molecular weight is 473 g/mol. The molecule has 2 heteroatoms. The molecule has 0 bridgehead atoms. The Morgan fingerprint density at radius 3 is 2.10 bits per heavy atom. The van der Waals surface area contributed by atoms with Crippen LogP contribution in [0.2, 0.25) is 0 Å². The fourth-order valence-electron chi connectivity index (χ4n) is 4.09. The Balaban J connectivity index is 1.79. The van der Waals surface area contributed by atoms with Crippen molar-refractivity contribution < 1.29 is 0 Å². The van der Waals surface area contributed by atoms with E-state index in [9.17, 15) is 0 Å². The first-order valence-electron chi connectivity index (χ1n) is 11.7. The summed E-state index contributed by atoms with van der Waals surface area (Å²) in [6.07, 6.45) is 9.04. The second-order valence-corrected chi connectivity index (χ2v) is 11.8. The molecule has 30 heavy (non-hydrogen) atoms. The quantitative estimate of drug-likeness (QED) is 0.304. The summed E-state index contributed by atoms with van der Waals surface area (Å²) in [6, 6.07) is 19.5. The molecule has 0 aliphatic carbocycles. The Morgan fingerprint density at radius 1 is 0.800 bits per heavy atom. The monoisotopic (exact) mass is 471 g/mol.